The Kier molecular flexibility index (Phi) is 3.54. The number of nitrogens with one attached hydrogen (secondary N) is 1. The molecule has 1 saturated heterocycles. The van der Waals surface area contributed by atoms with Crippen molar-refractivity contribution < 1.29 is 0 Å². The third-order valence-electron chi connectivity index (χ3n) is 4.26. The quantitative estimate of drug-likeness (QED) is 0.909. The normalized spacial score (nSPS) is 23.9. The fourth-order valence-corrected chi connectivity index (χ4v) is 2.87. The van der Waals surface area contributed by atoms with E-state index in [-0.39, 0.29) is 5.54 Å². The second-order valence-electron chi connectivity index (χ2n) is 5.54. The molecule has 0 aliphatic carbocycles. The highest BCUT2D eigenvalue weighted by Crippen LogP contribution is 2.30. The summed E-state index contributed by atoms with van der Waals surface area (Å²) in [6, 6.07) is 10.7. The van der Waals surface area contributed by atoms with Crippen LogP contribution in [-0.4, -0.2) is 39.3 Å². The molecule has 20 heavy (non-hydrogen) atoms. The average Bonchev–Trinajstić information content (AvgIpc) is 2.88. The number of nitrogens with zero attached hydrogens (tertiary/aromatic N) is 4. The van der Waals surface area contributed by atoms with Crippen LogP contribution in [0.3, 0.4) is 0 Å². The van der Waals surface area contributed by atoms with Gasteiger partial charge < -0.3 is 5.32 Å². The van der Waals surface area contributed by atoms with Crippen molar-refractivity contribution in [1.29, 1.82) is 0 Å². The molecule has 1 aromatic carbocycles. The molecule has 1 unspecified atom stereocenters. The van der Waals surface area contributed by atoms with E-state index >= 15 is 0 Å². The minimum absolute atomic E-state index is 0.00847. The number of rotatable bonds is 3. The first-order valence-electron chi connectivity index (χ1n) is 7.04. The van der Waals surface area contributed by atoms with Crippen molar-refractivity contribution in [1.82, 2.24) is 25.0 Å². The van der Waals surface area contributed by atoms with Crippen LogP contribution in [0.25, 0.3) is 0 Å². The predicted octanol–water partition coefficient (Wildman–Crippen LogP) is 1.14. The van der Waals surface area contributed by atoms with Crippen molar-refractivity contribution in [3.05, 3.63) is 48.0 Å². The minimum Gasteiger partial charge on any atom is -0.313 e. The predicted molar refractivity (Wildman–Crippen MR) is 78.1 cm³/mol. The molecule has 0 spiro atoms. The van der Waals surface area contributed by atoms with Gasteiger partial charge in [-0.2, -0.15) is 5.10 Å². The maximum atomic E-state index is 4.36. The van der Waals surface area contributed by atoms with Crippen LogP contribution in [-0.2, 0) is 19.1 Å². The van der Waals surface area contributed by atoms with Gasteiger partial charge in [-0.15, -0.1) is 0 Å². The third kappa shape index (κ3) is 2.34. The average molecular weight is 271 g/mol. The molecule has 1 aromatic heterocycles. The Morgan fingerprint density at radius 3 is 2.80 bits per heavy atom. The van der Waals surface area contributed by atoms with E-state index in [9.17, 15) is 0 Å². The molecular weight excluding hydrogens is 250 g/mol. The van der Waals surface area contributed by atoms with Crippen molar-refractivity contribution in [2.75, 3.05) is 19.6 Å². The number of aryl methyl sites for hydroxylation is 1. The highest BCUT2D eigenvalue weighted by atomic mass is 15.3. The van der Waals surface area contributed by atoms with Crippen LogP contribution < -0.4 is 5.32 Å². The zero-order valence-electron chi connectivity index (χ0n) is 12.1. The van der Waals surface area contributed by atoms with Gasteiger partial charge >= 0.3 is 0 Å². The van der Waals surface area contributed by atoms with Gasteiger partial charge in [-0.3, -0.25) is 9.58 Å². The van der Waals surface area contributed by atoms with E-state index in [4.69, 9.17) is 0 Å². The Bertz CT molecular complexity index is 565. The van der Waals surface area contributed by atoms with Gasteiger partial charge in [-0.1, -0.05) is 30.3 Å². The summed E-state index contributed by atoms with van der Waals surface area (Å²) in [4.78, 5) is 6.85. The molecule has 5 heteroatoms. The smallest absolute Gasteiger partial charge is 0.140 e. The summed E-state index contributed by atoms with van der Waals surface area (Å²) < 4.78 is 1.85. The van der Waals surface area contributed by atoms with E-state index < -0.39 is 0 Å². The van der Waals surface area contributed by atoms with Crippen LogP contribution in [0, 0.1) is 0 Å². The van der Waals surface area contributed by atoms with E-state index in [0.29, 0.717) is 0 Å². The first-order chi connectivity index (χ1) is 9.70. The molecule has 2 aromatic rings. The summed E-state index contributed by atoms with van der Waals surface area (Å²) in [5.41, 5.74) is 1.33. The van der Waals surface area contributed by atoms with E-state index in [1.165, 1.54) is 5.56 Å². The van der Waals surface area contributed by atoms with Gasteiger partial charge in [0.05, 0.1) is 12.1 Å². The lowest BCUT2D eigenvalue weighted by Gasteiger charge is -2.45. The molecule has 0 radical (unpaired) electrons. The molecule has 1 aliphatic heterocycles. The Labute approximate surface area is 119 Å². The van der Waals surface area contributed by atoms with Crippen LogP contribution in [0.2, 0.25) is 0 Å². The SMILES string of the molecule is Cn1ncnc1CN1CCNCC1(C)c1ccccc1. The summed E-state index contributed by atoms with van der Waals surface area (Å²) in [7, 11) is 1.95. The van der Waals surface area contributed by atoms with Gasteiger partial charge in [-0.05, 0) is 12.5 Å². The lowest BCUT2D eigenvalue weighted by Crippen LogP contribution is -2.57. The molecule has 0 saturated carbocycles. The first kappa shape index (κ1) is 13.3. The Morgan fingerprint density at radius 2 is 2.10 bits per heavy atom. The highest BCUT2D eigenvalue weighted by molar-refractivity contribution is 5.25. The fraction of sp³-hybridized carbons (Fsp3) is 0.467. The van der Waals surface area contributed by atoms with Gasteiger partial charge in [0.2, 0.25) is 0 Å². The van der Waals surface area contributed by atoms with E-state index in [0.717, 1.165) is 32.0 Å². The van der Waals surface area contributed by atoms with Gasteiger partial charge in [0, 0.05) is 26.7 Å². The molecule has 1 atom stereocenters. The largest absolute Gasteiger partial charge is 0.313 e. The zero-order valence-corrected chi connectivity index (χ0v) is 12.1. The van der Waals surface area contributed by atoms with Gasteiger partial charge in [0.25, 0.3) is 0 Å². The lowest BCUT2D eigenvalue weighted by molar-refractivity contribution is 0.0612. The number of benzene rings is 1. The van der Waals surface area contributed by atoms with Crippen molar-refractivity contribution in [2.24, 2.45) is 7.05 Å². The Balaban J connectivity index is 1.89. The van der Waals surface area contributed by atoms with Crippen molar-refractivity contribution in [3.8, 4) is 0 Å². The molecule has 2 heterocycles. The second-order valence-corrected chi connectivity index (χ2v) is 5.54. The molecule has 0 bridgehead atoms. The fourth-order valence-electron chi connectivity index (χ4n) is 2.87. The standard InChI is InChI=1S/C15H21N5/c1-15(13-6-4-3-5-7-13)11-16-8-9-20(15)10-14-17-12-18-19(14)2/h3-7,12,16H,8-11H2,1-2H3. The van der Waals surface area contributed by atoms with Crippen LogP contribution in [0.1, 0.15) is 18.3 Å². The van der Waals surface area contributed by atoms with Crippen LogP contribution >= 0.6 is 0 Å². The first-order valence-corrected chi connectivity index (χ1v) is 7.04. The highest BCUT2D eigenvalue weighted by Gasteiger charge is 2.36. The monoisotopic (exact) mass is 271 g/mol. The lowest BCUT2D eigenvalue weighted by atomic mass is 9.88. The molecule has 1 aliphatic rings. The van der Waals surface area contributed by atoms with Gasteiger partial charge in [0.1, 0.15) is 12.2 Å². The molecule has 106 valence electrons. The number of hydrogen-bond acceptors (Lipinski definition) is 4. The molecule has 1 fully saturated rings. The van der Waals surface area contributed by atoms with E-state index in [1.807, 2.05) is 11.7 Å². The molecule has 0 amide bonds. The van der Waals surface area contributed by atoms with Crippen LogP contribution in [0.5, 0.6) is 0 Å². The summed E-state index contributed by atoms with van der Waals surface area (Å²) in [6.07, 6.45) is 1.62. The molecular formula is C15H21N5. The van der Waals surface area contributed by atoms with Gasteiger partial charge in [-0.25, -0.2) is 4.98 Å². The van der Waals surface area contributed by atoms with Crippen LogP contribution in [0.4, 0.5) is 0 Å². The Morgan fingerprint density at radius 1 is 1.30 bits per heavy atom. The molecule has 5 nitrogen and oxygen atoms in total. The summed E-state index contributed by atoms with van der Waals surface area (Å²) >= 11 is 0. The Hall–Kier alpha value is -1.72. The number of aromatic nitrogens is 3. The van der Waals surface area contributed by atoms with E-state index in [1.54, 1.807) is 6.33 Å². The van der Waals surface area contributed by atoms with Crippen molar-refractivity contribution >= 4 is 0 Å². The zero-order chi connectivity index (χ0) is 14.0. The summed E-state index contributed by atoms with van der Waals surface area (Å²) in [5, 5.41) is 7.68. The van der Waals surface area contributed by atoms with Gasteiger partial charge in [0.15, 0.2) is 0 Å². The summed E-state index contributed by atoms with van der Waals surface area (Å²) in [6.45, 7) is 6.10. The summed E-state index contributed by atoms with van der Waals surface area (Å²) in [5.74, 6) is 1.01. The maximum Gasteiger partial charge on any atom is 0.140 e. The van der Waals surface area contributed by atoms with E-state index in [2.05, 4.69) is 57.6 Å². The molecule has 1 N–H and O–H groups in total. The van der Waals surface area contributed by atoms with Crippen molar-refractivity contribution in [2.45, 2.75) is 19.0 Å². The molecule has 3 rings (SSSR count). The second kappa shape index (κ2) is 5.34. The number of piperazine rings is 1. The number of hydrogen-bond donors (Lipinski definition) is 1. The minimum atomic E-state index is -0.00847. The third-order valence-corrected chi connectivity index (χ3v) is 4.26. The van der Waals surface area contributed by atoms with Crippen LogP contribution in [0.15, 0.2) is 36.7 Å². The van der Waals surface area contributed by atoms with Crippen molar-refractivity contribution in [3.63, 3.8) is 0 Å². The maximum absolute atomic E-state index is 4.36. The topological polar surface area (TPSA) is 46.0 Å².